The highest BCUT2D eigenvalue weighted by molar-refractivity contribution is 7.48. The molecule has 1 fully saturated rings. The number of phosphoric acid groups is 1. The van der Waals surface area contributed by atoms with Crippen molar-refractivity contribution < 1.29 is 18.4 Å². The highest BCUT2D eigenvalue weighted by Gasteiger charge is 2.29. The molecule has 0 radical (unpaired) electrons. The van der Waals surface area contributed by atoms with Gasteiger partial charge in [0.15, 0.2) is 0 Å². The predicted molar refractivity (Wildman–Crippen MR) is 49.3 cm³/mol. The number of hydrogen-bond donors (Lipinski definition) is 2. The quantitative estimate of drug-likeness (QED) is 0.536. The van der Waals surface area contributed by atoms with Crippen LogP contribution in [0.3, 0.4) is 0 Å². The molecule has 0 bridgehead atoms. The summed E-state index contributed by atoms with van der Waals surface area (Å²) in [7, 11) is -3.79. The molecule has 0 spiro atoms. The Kier molecular flexibility index (Phi) is 4.97. The monoisotopic (exact) mass is 225 g/mol. The Morgan fingerprint density at radius 2 is 1.50 bits per heavy atom. The molecule has 0 saturated carbocycles. The van der Waals surface area contributed by atoms with Crippen molar-refractivity contribution in [2.45, 2.75) is 25.7 Å². The van der Waals surface area contributed by atoms with Crippen LogP contribution in [0.2, 0.25) is 0 Å². The molecule has 0 unspecified atom stereocenters. The lowest BCUT2D eigenvalue weighted by molar-refractivity contribution is -0.0907. The zero-order chi connectivity index (χ0) is 10.4. The molecule has 1 heterocycles. The van der Waals surface area contributed by atoms with Crippen molar-refractivity contribution in [3.05, 3.63) is 0 Å². The number of nitrogens with zero attached hydrogens (tertiary/aromatic N) is 1. The third kappa shape index (κ3) is 3.62. The molecule has 0 amide bonds. The van der Waals surface area contributed by atoms with Gasteiger partial charge in [-0.15, -0.1) is 0 Å². The van der Waals surface area contributed by atoms with Gasteiger partial charge < -0.3 is 0 Å². The topological polar surface area (TPSA) is 100 Å². The summed E-state index contributed by atoms with van der Waals surface area (Å²) in [6.07, 6.45) is 4.23. The van der Waals surface area contributed by atoms with Crippen LogP contribution in [-0.2, 0) is 18.4 Å². The van der Waals surface area contributed by atoms with E-state index in [1.54, 1.807) is 0 Å². The molecule has 8 heteroatoms. The van der Waals surface area contributed by atoms with E-state index in [0.717, 1.165) is 25.7 Å². The van der Waals surface area contributed by atoms with Crippen LogP contribution in [0, 0.1) is 0 Å². The maximum Gasteiger partial charge on any atom is 0.524 e. The van der Waals surface area contributed by atoms with Crippen LogP contribution in [0.15, 0.2) is 0 Å². The first-order valence-corrected chi connectivity index (χ1v) is 5.98. The van der Waals surface area contributed by atoms with Crippen molar-refractivity contribution in [2.75, 3.05) is 13.1 Å². The number of nitrogens with two attached hydrogens (primary N) is 2. The molecule has 0 aliphatic carbocycles. The van der Waals surface area contributed by atoms with Gasteiger partial charge in [-0.1, -0.05) is 12.8 Å². The second-order valence-electron chi connectivity index (χ2n) is 3.08. The molecule has 14 heavy (non-hydrogen) atoms. The Labute approximate surface area is 82.8 Å². The van der Waals surface area contributed by atoms with Crippen LogP contribution in [-0.4, -0.2) is 18.2 Å². The first kappa shape index (κ1) is 12.1. The van der Waals surface area contributed by atoms with Crippen molar-refractivity contribution in [3.63, 3.8) is 0 Å². The molecule has 1 aliphatic rings. The summed E-state index contributed by atoms with van der Waals surface area (Å²) < 4.78 is 24.5. The Balaban J connectivity index is 2.44. The van der Waals surface area contributed by atoms with E-state index in [1.165, 1.54) is 5.06 Å². The van der Waals surface area contributed by atoms with Crippen LogP contribution >= 0.6 is 7.82 Å². The third-order valence-corrected chi connectivity index (χ3v) is 2.99. The summed E-state index contributed by atoms with van der Waals surface area (Å²) in [6.45, 7) is 1.35. The van der Waals surface area contributed by atoms with Crippen LogP contribution in [0.4, 0.5) is 0 Å². The molecule has 1 aliphatic heterocycles. The number of hydroxylamine groups is 2. The van der Waals surface area contributed by atoms with E-state index < -0.39 is 7.82 Å². The van der Waals surface area contributed by atoms with Crippen molar-refractivity contribution in [1.29, 1.82) is 0 Å². The molecule has 7 nitrogen and oxygen atoms in total. The maximum atomic E-state index is 11.4. The largest absolute Gasteiger partial charge is 0.524 e. The lowest BCUT2D eigenvalue weighted by Gasteiger charge is -2.21. The lowest BCUT2D eigenvalue weighted by Crippen LogP contribution is -2.26. The second kappa shape index (κ2) is 5.77. The van der Waals surface area contributed by atoms with E-state index in [2.05, 4.69) is 9.25 Å². The highest BCUT2D eigenvalue weighted by atomic mass is 31.2. The van der Waals surface area contributed by atoms with Gasteiger partial charge in [0.1, 0.15) is 0 Å². The standard InChI is InChI=1S/C6H16N3O4P/c7-11-14(10,12-8)13-9-5-3-1-2-4-6-9/h1-8H2. The Morgan fingerprint density at radius 3 is 1.93 bits per heavy atom. The zero-order valence-electron chi connectivity index (χ0n) is 7.92. The Bertz CT molecular complexity index is 199. The molecule has 0 aromatic rings. The minimum Gasteiger partial charge on any atom is -0.223 e. The fourth-order valence-electron chi connectivity index (χ4n) is 1.33. The van der Waals surface area contributed by atoms with Crippen molar-refractivity contribution >= 4 is 7.82 Å². The molecule has 1 saturated heterocycles. The van der Waals surface area contributed by atoms with Gasteiger partial charge >= 0.3 is 7.82 Å². The van der Waals surface area contributed by atoms with E-state index in [1.807, 2.05) is 0 Å². The van der Waals surface area contributed by atoms with Gasteiger partial charge in [0.2, 0.25) is 0 Å². The van der Waals surface area contributed by atoms with Gasteiger partial charge in [0.05, 0.1) is 0 Å². The molecule has 4 N–H and O–H groups in total. The molecular weight excluding hydrogens is 209 g/mol. The Hall–Kier alpha value is -0.0100. The molecule has 0 atom stereocenters. The van der Waals surface area contributed by atoms with Gasteiger partial charge in [-0.2, -0.15) is 18.9 Å². The molecular formula is C6H16N3O4P. The van der Waals surface area contributed by atoms with Crippen LogP contribution in [0.25, 0.3) is 0 Å². The summed E-state index contributed by atoms with van der Waals surface area (Å²) in [4.78, 5) is 0. The minimum absolute atomic E-state index is 0.677. The minimum atomic E-state index is -3.79. The van der Waals surface area contributed by atoms with Gasteiger partial charge in [-0.05, 0) is 12.8 Å². The van der Waals surface area contributed by atoms with Gasteiger partial charge in [-0.3, -0.25) is 0 Å². The van der Waals surface area contributed by atoms with Crippen molar-refractivity contribution in [2.24, 2.45) is 11.8 Å². The lowest BCUT2D eigenvalue weighted by atomic mass is 10.2. The van der Waals surface area contributed by atoms with E-state index in [0.29, 0.717) is 13.1 Å². The van der Waals surface area contributed by atoms with Crippen LogP contribution in [0.1, 0.15) is 25.7 Å². The first-order chi connectivity index (χ1) is 6.70. The van der Waals surface area contributed by atoms with E-state index >= 15 is 0 Å². The average Bonchev–Trinajstić information content (AvgIpc) is 2.46. The third-order valence-electron chi connectivity index (χ3n) is 2.04. The van der Waals surface area contributed by atoms with E-state index in [-0.39, 0.29) is 0 Å². The number of rotatable bonds is 4. The summed E-state index contributed by atoms with van der Waals surface area (Å²) in [5.41, 5.74) is 0. The summed E-state index contributed by atoms with van der Waals surface area (Å²) >= 11 is 0. The normalized spacial score (nSPS) is 20.7. The summed E-state index contributed by atoms with van der Waals surface area (Å²) in [5.74, 6) is 9.51. The molecule has 1 rings (SSSR count). The Morgan fingerprint density at radius 1 is 1.00 bits per heavy atom. The molecule has 84 valence electrons. The van der Waals surface area contributed by atoms with Crippen LogP contribution < -0.4 is 11.8 Å². The van der Waals surface area contributed by atoms with Gasteiger partial charge in [0, 0.05) is 13.1 Å². The van der Waals surface area contributed by atoms with E-state index in [9.17, 15) is 4.57 Å². The van der Waals surface area contributed by atoms with Gasteiger partial charge in [-0.25, -0.2) is 16.4 Å². The van der Waals surface area contributed by atoms with Crippen LogP contribution in [0.5, 0.6) is 0 Å². The second-order valence-corrected chi connectivity index (χ2v) is 4.56. The van der Waals surface area contributed by atoms with Crippen molar-refractivity contribution in [3.8, 4) is 0 Å². The average molecular weight is 225 g/mol. The molecule has 0 aromatic heterocycles. The maximum absolute atomic E-state index is 11.4. The summed E-state index contributed by atoms with van der Waals surface area (Å²) in [6, 6.07) is 0. The van der Waals surface area contributed by atoms with Crippen molar-refractivity contribution in [1.82, 2.24) is 5.06 Å². The SMILES string of the molecule is NOP(=O)(ON)ON1CCCCCC1. The fourth-order valence-corrected chi connectivity index (χ4v) is 1.90. The highest BCUT2D eigenvalue weighted by Crippen LogP contribution is 2.46. The first-order valence-electron chi connectivity index (χ1n) is 4.52. The predicted octanol–water partition coefficient (Wildman–Crippen LogP) is 0.683. The van der Waals surface area contributed by atoms with Gasteiger partial charge in [0.25, 0.3) is 0 Å². The summed E-state index contributed by atoms with van der Waals surface area (Å²) in [5, 5.41) is 1.52. The number of hydrogen-bond acceptors (Lipinski definition) is 7. The molecule has 0 aromatic carbocycles. The zero-order valence-corrected chi connectivity index (χ0v) is 8.82. The van der Waals surface area contributed by atoms with E-state index in [4.69, 9.17) is 16.4 Å². The fraction of sp³-hybridized carbons (Fsp3) is 1.00. The smallest absolute Gasteiger partial charge is 0.223 e.